The molecule has 0 saturated heterocycles. The fourth-order valence-electron chi connectivity index (χ4n) is 1.40. The number of ether oxygens (including phenoxy) is 1. The Hall–Kier alpha value is -2.17. The van der Waals surface area contributed by atoms with Gasteiger partial charge in [-0.2, -0.15) is 0 Å². The van der Waals surface area contributed by atoms with Crippen LogP contribution in [0.5, 0.6) is 5.88 Å². The summed E-state index contributed by atoms with van der Waals surface area (Å²) in [7, 11) is 0. The summed E-state index contributed by atoms with van der Waals surface area (Å²) < 4.78 is 5.44. The van der Waals surface area contributed by atoms with Crippen LogP contribution in [0, 0.1) is 0 Å². The molecule has 17 heavy (non-hydrogen) atoms. The highest BCUT2D eigenvalue weighted by atomic mass is 16.5. The highest BCUT2D eigenvalue weighted by Gasteiger charge is 1.97. The van der Waals surface area contributed by atoms with Crippen LogP contribution in [0.3, 0.4) is 0 Å². The second-order valence-electron chi connectivity index (χ2n) is 3.59. The molecular weight excluding hydrogens is 216 g/mol. The number of nitrogens with zero attached hydrogens (tertiary/aromatic N) is 3. The fraction of sp³-hybridized carbons (Fsp3) is 0.250. The number of rotatable bonds is 5. The van der Waals surface area contributed by atoms with Gasteiger partial charge in [0, 0.05) is 12.4 Å². The van der Waals surface area contributed by atoms with Gasteiger partial charge in [0.1, 0.15) is 5.82 Å². The Bertz CT molecular complexity index is 444. The summed E-state index contributed by atoms with van der Waals surface area (Å²) in [6.45, 7) is 0.612. The summed E-state index contributed by atoms with van der Waals surface area (Å²) in [6.07, 6.45) is 8.49. The van der Waals surface area contributed by atoms with Crippen LogP contribution in [-0.4, -0.2) is 21.6 Å². The highest BCUT2D eigenvalue weighted by Crippen LogP contribution is 2.06. The molecule has 0 aliphatic heterocycles. The number of hydrogen-bond donors (Lipinski definition) is 1. The molecule has 0 atom stereocenters. The van der Waals surface area contributed by atoms with E-state index < -0.39 is 0 Å². The molecule has 0 saturated carbocycles. The fourth-order valence-corrected chi connectivity index (χ4v) is 1.40. The van der Waals surface area contributed by atoms with Crippen molar-refractivity contribution < 1.29 is 4.74 Å². The lowest BCUT2D eigenvalue weighted by Gasteiger charge is -2.04. The molecule has 0 spiro atoms. The highest BCUT2D eigenvalue weighted by molar-refractivity contribution is 5.24. The van der Waals surface area contributed by atoms with E-state index in [0.29, 0.717) is 18.3 Å². The first kappa shape index (κ1) is 11.3. The van der Waals surface area contributed by atoms with Crippen LogP contribution >= 0.6 is 0 Å². The summed E-state index contributed by atoms with van der Waals surface area (Å²) in [6, 6.07) is 4.01. The molecule has 0 aliphatic rings. The van der Waals surface area contributed by atoms with E-state index in [9.17, 15) is 0 Å². The van der Waals surface area contributed by atoms with Gasteiger partial charge in [-0.3, -0.25) is 4.98 Å². The Kier molecular flexibility index (Phi) is 3.85. The average molecular weight is 230 g/mol. The van der Waals surface area contributed by atoms with E-state index in [1.54, 1.807) is 12.4 Å². The summed E-state index contributed by atoms with van der Waals surface area (Å²) in [5, 5.41) is 0. The normalized spacial score (nSPS) is 10.1. The molecule has 0 aliphatic carbocycles. The topological polar surface area (TPSA) is 73.9 Å². The van der Waals surface area contributed by atoms with Crippen LogP contribution in [0.15, 0.2) is 36.9 Å². The van der Waals surface area contributed by atoms with Gasteiger partial charge in [-0.05, 0) is 30.5 Å². The monoisotopic (exact) mass is 230 g/mol. The van der Waals surface area contributed by atoms with Gasteiger partial charge < -0.3 is 10.5 Å². The van der Waals surface area contributed by atoms with Gasteiger partial charge in [0.25, 0.3) is 0 Å². The molecule has 0 fully saturated rings. The first-order chi connectivity index (χ1) is 8.34. The van der Waals surface area contributed by atoms with Crippen molar-refractivity contribution in [1.29, 1.82) is 0 Å². The molecule has 88 valence electrons. The zero-order valence-corrected chi connectivity index (χ0v) is 9.41. The van der Waals surface area contributed by atoms with Crippen molar-refractivity contribution in [2.45, 2.75) is 12.8 Å². The third-order valence-corrected chi connectivity index (χ3v) is 2.26. The third-order valence-electron chi connectivity index (χ3n) is 2.26. The molecule has 0 aromatic carbocycles. The number of nitrogen functional groups attached to an aromatic ring is 1. The van der Waals surface area contributed by atoms with E-state index in [1.165, 1.54) is 18.0 Å². The lowest BCUT2D eigenvalue weighted by atomic mass is 10.1. The Morgan fingerprint density at radius 2 is 1.94 bits per heavy atom. The van der Waals surface area contributed by atoms with Crippen molar-refractivity contribution in [2.75, 3.05) is 12.3 Å². The van der Waals surface area contributed by atoms with E-state index in [2.05, 4.69) is 15.0 Å². The van der Waals surface area contributed by atoms with Gasteiger partial charge in [0.15, 0.2) is 0 Å². The van der Waals surface area contributed by atoms with E-state index in [0.717, 1.165) is 12.8 Å². The first-order valence-electron chi connectivity index (χ1n) is 5.44. The van der Waals surface area contributed by atoms with E-state index in [-0.39, 0.29) is 0 Å². The van der Waals surface area contributed by atoms with Gasteiger partial charge in [-0.15, -0.1) is 0 Å². The Labute approximate surface area is 99.7 Å². The van der Waals surface area contributed by atoms with E-state index in [1.807, 2.05) is 12.1 Å². The summed E-state index contributed by atoms with van der Waals surface area (Å²) >= 11 is 0. The SMILES string of the molecule is Nc1cnc(OCCCc2ccncc2)cn1. The minimum atomic E-state index is 0.397. The molecule has 2 N–H and O–H groups in total. The molecule has 2 heterocycles. The second-order valence-corrected chi connectivity index (χ2v) is 3.59. The Morgan fingerprint density at radius 3 is 2.65 bits per heavy atom. The number of pyridine rings is 1. The molecule has 0 unspecified atom stereocenters. The minimum Gasteiger partial charge on any atom is -0.477 e. The molecule has 0 radical (unpaired) electrons. The Morgan fingerprint density at radius 1 is 1.12 bits per heavy atom. The molecule has 5 heteroatoms. The molecule has 0 bridgehead atoms. The van der Waals surface area contributed by atoms with Gasteiger partial charge >= 0.3 is 0 Å². The van der Waals surface area contributed by atoms with Crippen LogP contribution in [0.1, 0.15) is 12.0 Å². The zero-order chi connectivity index (χ0) is 11.9. The molecule has 0 amide bonds. The van der Waals surface area contributed by atoms with Gasteiger partial charge in [0.05, 0.1) is 19.0 Å². The van der Waals surface area contributed by atoms with Gasteiger partial charge in [0.2, 0.25) is 5.88 Å². The number of hydrogen-bond acceptors (Lipinski definition) is 5. The van der Waals surface area contributed by atoms with Crippen molar-refractivity contribution in [2.24, 2.45) is 0 Å². The summed E-state index contributed by atoms with van der Waals surface area (Å²) in [4.78, 5) is 11.9. The van der Waals surface area contributed by atoms with Crippen LogP contribution in [0.4, 0.5) is 5.82 Å². The maximum absolute atomic E-state index is 5.44. The van der Waals surface area contributed by atoms with Crippen molar-refractivity contribution in [3.8, 4) is 5.88 Å². The average Bonchev–Trinajstić information content (AvgIpc) is 2.38. The lowest BCUT2D eigenvalue weighted by Crippen LogP contribution is -2.02. The van der Waals surface area contributed by atoms with Gasteiger partial charge in [-0.25, -0.2) is 9.97 Å². The zero-order valence-electron chi connectivity index (χ0n) is 9.41. The lowest BCUT2D eigenvalue weighted by molar-refractivity contribution is 0.298. The third kappa shape index (κ3) is 3.71. The van der Waals surface area contributed by atoms with Crippen LogP contribution in [-0.2, 0) is 6.42 Å². The maximum atomic E-state index is 5.44. The number of anilines is 1. The van der Waals surface area contributed by atoms with Crippen LogP contribution in [0.2, 0.25) is 0 Å². The first-order valence-corrected chi connectivity index (χ1v) is 5.44. The smallest absolute Gasteiger partial charge is 0.232 e. The van der Waals surface area contributed by atoms with E-state index >= 15 is 0 Å². The molecule has 2 aromatic heterocycles. The van der Waals surface area contributed by atoms with Crippen molar-refractivity contribution in [3.05, 3.63) is 42.5 Å². The Balaban J connectivity index is 1.71. The minimum absolute atomic E-state index is 0.397. The largest absolute Gasteiger partial charge is 0.477 e. The molecule has 5 nitrogen and oxygen atoms in total. The van der Waals surface area contributed by atoms with Gasteiger partial charge in [-0.1, -0.05) is 0 Å². The summed E-state index contributed by atoms with van der Waals surface area (Å²) in [5.41, 5.74) is 6.68. The molecule has 2 rings (SSSR count). The number of aryl methyl sites for hydroxylation is 1. The predicted molar refractivity (Wildman–Crippen MR) is 64.5 cm³/mol. The van der Waals surface area contributed by atoms with Crippen molar-refractivity contribution >= 4 is 5.82 Å². The molecule has 2 aromatic rings. The standard InChI is InChI=1S/C12H14N4O/c13-11-8-16-12(9-15-11)17-7-1-2-10-3-5-14-6-4-10/h3-6,8-9H,1-2,7H2,(H2,13,15). The van der Waals surface area contributed by atoms with Crippen molar-refractivity contribution in [1.82, 2.24) is 15.0 Å². The summed E-state index contributed by atoms with van der Waals surface area (Å²) in [5.74, 6) is 0.906. The predicted octanol–water partition coefficient (Wildman–Crippen LogP) is 1.47. The van der Waals surface area contributed by atoms with Crippen molar-refractivity contribution in [3.63, 3.8) is 0 Å². The quantitative estimate of drug-likeness (QED) is 0.787. The number of aromatic nitrogens is 3. The molecular formula is C12H14N4O. The van der Waals surface area contributed by atoms with Crippen LogP contribution < -0.4 is 10.5 Å². The maximum Gasteiger partial charge on any atom is 0.232 e. The van der Waals surface area contributed by atoms with Crippen LogP contribution in [0.25, 0.3) is 0 Å². The number of nitrogens with two attached hydrogens (primary N) is 1. The second kappa shape index (κ2) is 5.79. The van der Waals surface area contributed by atoms with E-state index in [4.69, 9.17) is 10.5 Å².